The fourth-order valence-electron chi connectivity index (χ4n) is 1.99. The molecule has 1 aromatic carbocycles. The molecule has 0 unspecified atom stereocenters. The summed E-state index contributed by atoms with van der Waals surface area (Å²) < 4.78 is 32.3. The molecule has 0 saturated carbocycles. The number of aryl methyl sites for hydroxylation is 1. The van der Waals surface area contributed by atoms with Crippen molar-refractivity contribution >= 4 is 0 Å². The molecule has 150 valence electrons. The molecule has 0 fully saturated rings. The highest BCUT2D eigenvalue weighted by molar-refractivity contribution is 5.20. The molecule has 0 aliphatic rings. The van der Waals surface area contributed by atoms with Crippen molar-refractivity contribution in [3.8, 4) is 0 Å². The molecule has 0 radical (unpaired) electrons. The Morgan fingerprint density at radius 3 is 1.54 bits per heavy atom. The van der Waals surface area contributed by atoms with E-state index in [2.05, 4.69) is 38.1 Å². The molecule has 0 aliphatic carbocycles. The summed E-state index contributed by atoms with van der Waals surface area (Å²) in [6.07, 6.45) is 1.04. The van der Waals surface area contributed by atoms with Gasteiger partial charge in [-0.3, -0.25) is 0 Å². The second-order valence-electron chi connectivity index (χ2n) is 5.81. The Kier molecular flexibility index (Phi) is 15.4. The summed E-state index contributed by atoms with van der Waals surface area (Å²) in [4.78, 5) is 0. The van der Waals surface area contributed by atoms with E-state index in [4.69, 9.17) is 28.4 Å². The largest absolute Gasteiger partial charge is 0.379 e. The zero-order valence-corrected chi connectivity index (χ0v) is 16.2. The van der Waals surface area contributed by atoms with Crippen molar-refractivity contribution in [2.24, 2.45) is 0 Å². The maximum Gasteiger partial charge on any atom is 0.147 e. The number of hydrogen-bond acceptors (Lipinski definition) is 6. The number of hydrogen-bond donors (Lipinski definition) is 0. The lowest BCUT2D eigenvalue weighted by Gasteiger charge is -2.08. The van der Waals surface area contributed by atoms with Gasteiger partial charge in [-0.2, -0.15) is 0 Å². The van der Waals surface area contributed by atoms with Crippen LogP contribution in [-0.4, -0.2) is 66.3 Å². The van der Waals surface area contributed by atoms with E-state index in [1.807, 2.05) is 0 Å². The van der Waals surface area contributed by atoms with Gasteiger partial charge in [0.05, 0.1) is 59.5 Å². The first-order valence-corrected chi connectivity index (χ1v) is 9.35. The summed E-state index contributed by atoms with van der Waals surface area (Å²) in [5, 5.41) is 0. The predicted molar refractivity (Wildman–Crippen MR) is 100 cm³/mol. The third-order valence-electron chi connectivity index (χ3n) is 3.39. The van der Waals surface area contributed by atoms with E-state index >= 15 is 0 Å². The predicted octanol–water partition coefficient (Wildman–Crippen LogP) is 2.96. The molecule has 1 aromatic rings. The normalized spacial score (nSPS) is 11.2. The first-order valence-electron chi connectivity index (χ1n) is 9.35. The average molecular weight is 370 g/mol. The molecular formula is C20H34O6. The monoisotopic (exact) mass is 370 g/mol. The van der Waals surface area contributed by atoms with Crippen LogP contribution >= 0.6 is 0 Å². The number of rotatable bonds is 18. The van der Waals surface area contributed by atoms with Crippen LogP contribution in [-0.2, 0) is 35.0 Å². The van der Waals surface area contributed by atoms with Crippen molar-refractivity contribution in [3.05, 3.63) is 35.4 Å². The van der Waals surface area contributed by atoms with E-state index < -0.39 is 0 Å². The zero-order chi connectivity index (χ0) is 18.7. The minimum Gasteiger partial charge on any atom is -0.379 e. The highest BCUT2D eigenvalue weighted by Gasteiger charge is 1.95. The van der Waals surface area contributed by atoms with E-state index in [0.29, 0.717) is 59.5 Å². The Hall–Kier alpha value is -1.02. The van der Waals surface area contributed by atoms with E-state index in [0.717, 1.165) is 18.6 Å². The second kappa shape index (κ2) is 17.4. The zero-order valence-electron chi connectivity index (χ0n) is 16.2. The van der Waals surface area contributed by atoms with Crippen molar-refractivity contribution in [2.45, 2.75) is 26.9 Å². The summed E-state index contributed by atoms with van der Waals surface area (Å²) in [5.41, 5.74) is 2.39. The van der Waals surface area contributed by atoms with Gasteiger partial charge in [0.1, 0.15) is 6.79 Å². The Morgan fingerprint density at radius 1 is 0.577 bits per heavy atom. The van der Waals surface area contributed by atoms with Gasteiger partial charge in [0.25, 0.3) is 0 Å². The van der Waals surface area contributed by atoms with Crippen LogP contribution in [0.3, 0.4) is 0 Å². The van der Waals surface area contributed by atoms with Gasteiger partial charge in [-0.1, -0.05) is 36.8 Å². The molecule has 6 heteroatoms. The molecule has 0 spiro atoms. The molecule has 0 saturated heterocycles. The molecule has 1 rings (SSSR count). The van der Waals surface area contributed by atoms with E-state index in [1.165, 1.54) is 5.56 Å². The van der Waals surface area contributed by atoms with Crippen molar-refractivity contribution in [3.63, 3.8) is 0 Å². The van der Waals surface area contributed by atoms with Crippen LogP contribution in [0.2, 0.25) is 0 Å². The van der Waals surface area contributed by atoms with Crippen LogP contribution < -0.4 is 0 Å². The van der Waals surface area contributed by atoms with Crippen molar-refractivity contribution in [1.82, 2.24) is 0 Å². The van der Waals surface area contributed by atoms with Crippen LogP contribution in [0.15, 0.2) is 24.3 Å². The Morgan fingerprint density at radius 2 is 1.04 bits per heavy atom. The van der Waals surface area contributed by atoms with Gasteiger partial charge in [0.2, 0.25) is 0 Å². The van der Waals surface area contributed by atoms with Gasteiger partial charge in [0.15, 0.2) is 0 Å². The minimum atomic E-state index is 0.271. The fourth-order valence-corrected chi connectivity index (χ4v) is 1.99. The molecule has 0 atom stereocenters. The summed E-state index contributed by atoms with van der Waals surface area (Å²) >= 11 is 0. The highest BCUT2D eigenvalue weighted by Crippen LogP contribution is 2.04. The van der Waals surface area contributed by atoms with Crippen LogP contribution in [0, 0.1) is 6.92 Å². The Bertz CT molecular complexity index is 409. The molecule has 0 aromatic heterocycles. The fraction of sp³-hybridized carbons (Fsp3) is 0.700. The highest BCUT2D eigenvalue weighted by atomic mass is 16.7. The lowest BCUT2D eigenvalue weighted by molar-refractivity contribution is -0.0791. The minimum absolute atomic E-state index is 0.271. The smallest absolute Gasteiger partial charge is 0.147 e. The van der Waals surface area contributed by atoms with Crippen molar-refractivity contribution in [1.29, 1.82) is 0 Å². The molecular weight excluding hydrogens is 336 g/mol. The topological polar surface area (TPSA) is 55.4 Å². The van der Waals surface area contributed by atoms with Crippen molar-refractivity contribution in [2.75, 3.05) is 66.3 Å². The summed E-state index contributed by atoms with van der Waals surface area (Å²) in [6, 6.07) is 8.26. The quantitative estimate of drug-likeness (QED) is 0.292. The molecule has 0 N–H and O–H groups in total. The first kappa shape index (κ1) is 23.0. The summed E-state index contributed by atoms with van der Waals surface area (Å²) in [6.45, 7) is 10.3. The van der Waals surface area contributed by atoms with E-state index in [-0.39, 0.29) is 6.79 Å². The third-order valence-corrected chi connectivity index (χ3v) is 3.39. The molecule has 0 aliphatic heterocycles. The maximum absolute atomic E-state index is 5.45. The van der Waals surface area contributed by atoms with Gasteiger partial charge in [0, 0.05) is 6.61 Å². The molecule has 0 heterocycles. The lowest BCUT2D eigenvalue weighted by Crippen LogP contribution is -2.13. The summed E-state index contributed by atoms with van der Waals surface area (Å²) in [5.74, 6) is 0. The molecule has 0 amide bonds. The Labute approximate surface area is 157 Å². The average Bonchev–Trinajstić information content (AvgIpc) is 2.66. The molecule has 6 nitrogen and oxygen atoms in total. The SMILES string of the molecule is CCCOCCOCCOCCOCCOCOCc1ccc(C)cc1. The van der Waals surface area contributed by atoms with Gasteiger partial charge in [-0.25, -0.2) is 0 Å². The van der Waals surface area contributed by atoms with Crippen LogP contribution in [0.5, 0.6) is 0 Å². The Balaban J connectivity index is 1.72. The molecule has 0 bridgehead atoms. The van der Waals surface area contributed by atoms with E-state index in [1.54, 1.807) is 0 Å². The van der Waals surface area contributed by atoms with Crippen LogP contribution in [0.1, 0.15) is 24.5 Å². The van der Waals surface area contributed by atoms with Gasteiger partial charge in [-0.15, -0.1) is 0 Å². The third kappa shape index (κ3) is 14.2. The second-order valence-corrected chi connectivity index (χ2v) is 5.81. The standard InChI is InChI=1S/C20H34O6/c1-3-8-21-9-10-22-11-12-23-13-14-24-15-16-25-18-26-17-20-6-4-19(2)5-7-20/h4-7H,3,8-18H2,1-2H3. The van der Waals surface area contributed by atoms with Crippen LogP contribution in [0.25, 0.3) is 0 Å². The van der Waals surface area contributed by atoms with Crippen molar-refractivity contribution < 1.29 is 28.4 Å². The lowest BCUT2D eigenvalue weighted by atomic mass is 10.2. The van der Waals surface area contributed by atoms with E-state index in [9.17, 15) is 0 Å². The maximum atomic E-state index is 5.45. The van der Waals surface area contributed by atoms with Gasteiger partial charge >= 0.3 is 0 Å². The van der Waals surface area contributed by atoms with Gasteiger partial charge in [-0.05, 0) is 18.9 Å². The van der Waals surface area contributed by atoms with Crippen LogP contribution in [0.4, 0.5) is 0 Å². The van der Waals surface area contributed by atoms with Gasteiger partial charge < -0.3 is 28.4 Å². The summed E-state index contributed by atoms with van der Waals surface area (Å²) in [7, 11) is 0. The number of benzene rings is 1. The molecule has 26 heavy (non-hydrogen) atoms. The first-order chi connectivity index (χ1) is 12.8. The number of ether oxygens (including phenoxy) is 6.